The van der Waals surface area contributed by atoms with Crippen LogP contribution in [0.5, 0.6) is 0 Å². The van der Waals surface area contributed by atoms with Crippen molar-refractivity contribution >= 4 is 23.4 Å². The van der Waals surface area contributed by atoms with E-state index in [4.69, 9.17) is 10.8 Å². The Morgan fingerprint density at radius 3 is 2.75 bits per heavy atom. The number of carboxylic acid groups (broad SMARTS) is 1. The summed E-state index contributed by atoms with van der Waals surface area (Å²) in [6.07, 6.45) is 3.18. The Morgan fingerprint density at radius 1 is 1.56 bits per heavy atom. The van der Waals surface area contributed by atoms with Crippen LogP contribution >= 0.6 is 11.8 Å². The Morgan fingerprint density at radius 2 is 2.25 bits per heavy atom. The Kier molecular flexibility index (Phi) is 4.68. The molecule has 1 atom stereocenters. The van der Waals surface area contributed by atoms with Crippen molar-refractivity contribution in [2.75, 3.05) is 12.0 Å². The molecule has 3 nitrogen and oxygen atoms in total. The van der Waals surface area contributed by atoms with E-state index < -0.39 is 5.97 Å². The van der Waals surface area contributed by atoms with Crippen molar-refractivity contribution in [1.29, 1.82) is 0 Å². The first-order valence-corrected chi connectivity index (χ1v) is 6.46. The number of benzene rings is 1. The zero-order valence-corrected chi connectivity index (χ0v) is 10.4. The lowest BCUT2D eigenvalue weighted by atomic mass is 9.97. The van der Waals surface area contributed by atoms with Crippen molar-refractivity contribution in [2.24, 2.45) is 5.92 Å². The summed E-state index contributed by atoms with van der Waals surface area (Å²) in [7, 11) is 0. The van der Waals surface area contributed by atoms with Gasteiger partial charge in [-0.2, -0.15) is 0 Å². The van der Waals surface area contributed by atoms with Crippen molar-refractivity contribution in [1.82, 2.24) is 0 Å². The van der Waals surface area contributed by atoms with Gasteiger partial charge in [0, 0.05) is 10.6 Å². The summed E-state index contributed by atoms with van der Waals surface area (Å²) in [5.74, 6) is -1.04. The standard InChI is InChI=1S/C12H17NO2S/c1-3-9(12(14)15)6-8-4-5-10(13)11(7-8)16-2/h4-5,7,9H,3,6,13H2,1-2H3,(H,14,15). The Balaban J connectivity index is 2.84. The van der Waals surface area contributed by atoms with Gasteiger partial charge in [0.25, 0.3) is 0 Å². The molecular weight excluding hydrogens is 222 g/mol. The highest BCUT2D eigenvalue weighted by molar-refractivity contribution is 7.98. The maximum atomic E-state index is 10.9. The van der Waals surface area contributed by atoms with Gasteiger partial charge in [-0.25, -0.2) is 0 Å². The van der Waals surface area contributed by atoms with E-state index in [0.717, 1.165) is 16.1 Å². The van der Waals surface area contributed by atoms with Crippen LogP contribution in [0.4, 0.5) is 5.69 Å². The molecule has 0 saturated carbocycles. The van der Waals surface area contributed by atoms with Crippen molar-refractivity contribution in [3.8, 4) is 0 Å². The van der Waals surface area contributed by atoms with Crippen LogP contribution in [0.25, 0.3) is 0 Å². The molecule has 3 N–H and O–H groups in total. The number of thioether (sulfide) groups is 1. The zero-order valence-electron chi connectivity index (χ0n) is 9.56. The van der Waals surface area contributed by atoms with Gasteiger partial charge in [0.1, 0.15) is 0 Å². The van der Waals surface area contributed by atoms with E-state index in [1.165, 1.54) is 0 Å². The average Bonchev–Trinajstić information content (AvgIpc) is 2.27. The summed E-state index contributed by atoms with van der Waals surface area (Å²) in [6, 6.07) is 5.72. The van der Waals surface area contributed by atoms with Gasteiger partial charge >= 0.3 is 5.97 Å². The molecule has 0 radical (unpaired) electrons. The second-order valence-electron chi connectivity index (χ2n) is 3.72. The topological polar surface area (TPSA) is 63.3 Å². The summed E-state index contributed by atoms with van der Waals surface area (Å²) in [4.78, 5) is 11.9. The van der Waals surface area contributed by atoms with E-state index in [-0.39, 0.29) is 5.92 Å². The Bertz CT molecular complexity index is 379. The number of nitrogens with two attached hydrogens (primary N) is 1. The molecule has 1 aromatic carbocycles. The van der Waals surface area contributed by atoms with Gasteiger partial charge in [-0.15, -0.1) is 11.8 Å². The molecule has 4 heteroatoms. The number of rotatable bonds is 5. The molecule has 0 saturated heterocycles. The van der Waals surface area contributed by atoms with Crippen molar-refractivity contribution in [3.05, 3.63) is 23.8 Å². The van der Waals surface area contributed by atoms with E-state index in [9.17, 15) is 4.79 Å². The SMILES string of the molecule is CCC(Cc1ccc(N)c(SC)c1)C(=O)O. The summed E-state index contributed by atoms with van der Waals surface area (Å²) in [6.45, 7) is 1.89. The third kappa shape index (κ3) is 3.17. The van der Waals surface area contributed by atoms with E-state index in [0.29, 0.717) is 12.8 Å². The molecule has 0 amide bonds. The summed E-state index contributed by atoms with van der Waals surface area (Å²) < 4.78 is 0. The molecule has 1 unspecified atom stereocenters. The molecule has 0 heterocycles. The lowest BCUT2D eigenvalue weighted by Gasteiger charge is -2.11. The maximum absolute atomic E-state index is 10.9. The first kappa shape index (κ1) is 12.9. The summed E-state index contributed by atoms with van der Waals surface area (Å²) in [5, 5.41) is 8.99. The van der Waals surface area contributed by atoms with Gasteiger partial charge < -0.3 is 10.8 Å². The van der Waals surface area contributed by atoms with Crippen LogP contribution in [0.15, 0.2) is 23.1 Å². The van der Waals surface area contributed by atoms with Crippen molar-refractivity contribution in [3.63, 3.8) is 0 Å². The number of carbonyl (C=O) groups is 1. The van der Waals surface area contributed by atoms with E-state index in [2.05, 4.69) is 0 Å². The molecule has 0 aliphatic rings. The normalized spacial score (nSPS) is 12.4. The second-order valence-corrected chi connectivity index (χ2v) is 4.57. The number of hydrogen-bond acceptors (Lipinski definition) is 3. The lowest BCUT2D eigenvalue weighted by molar-refractivity contribution is -0.141. The van der Waals surface area contributed by atoms with Crippen LogP contribution in [0, 0.1) is 5.92 Å². The van der Waals surface area contributed by atoms with Crippen molar-refractivity contribution in [2.45, 2.75) is 24.7 Å². The molecule has 0 aromatic heterocycles. The number of aliphatic carboxylic acids is 1. The Labute approximate surface area is 100 Å². The molecule has 0 spiro atoms. The van der Waals surface area contributed by atoms with Gasteiger partial charge in [-0.05, 0) is 36.8 Å². The molecule has 0 fully saturated rings. The lowest BCUT2D eigenvalue weighted by Crippen LogP contribution is -2.15. The van der Waals surface area contributed by atoms with Crippen LogP contribution in [0.2, 0.25) is 0 Å². The van der Waals surface area contributed by atoms with Gasteiger partial charge in [0.2, 0.25) is 0 Å². The fourth-order valence-corrected chi connectivity index (χ4v) is 2.15. The minimum atomic E-state index is -0.731. The quantitative estimate of drug-likeness (QED) is 0.612. The van der Waals surface area contributed by atoms with Crippen LogP contribution in [0.1, 0.15) is 18.9 Å². The first-order chi connectivity index (χ1) is 7.58. The molecule has 0 bridgehead atoms. The largest absolute Gasteiger partial charge is 0.481 e. The molecule has 88 valence electrons. The van der Waals surface area contributed by atoms with Gasteiger partial charge in [0.15, 0.2) is 0 Å². The highest BCUT2D eigenvalue weighted by Crippen LogP contribution is 2.25. The highest BCUT2D eigenvalue weighted by atomic mass is 32.2. The minimum Gasteiger partial charge on any atom is -0.481 e. The average molecular weight is 239 g/mol. The zero-order chi connectivity index (χ0) is 12.1. The van der Waals surface area contributed by atoms with Gasteiger partial charge in [-0.1, -0.05) is 13.0 Å². The predicted molar refractivity (Wildman–Crippen MR) is 67.8 cm³/mol. The fraction of sp³-hybridized carbons (Fsp3) is 0.417. The number of anilines is 1. The Hall–Kier alpha value is -1.16. The van der Waals surface area contributed by atoms with Crippen LogP contribution in [-0.2, 0) is 11.2 Å². The smallest absolute Gasteiger partial charge is 0.306 e. The molecule has 0 aliphatic heterocycles. The molecule has 0 aliphatic carbocycles. The van der Waals surface area contributed by atoms with Gasteiger partial charge in [-0.3, -0.25) is 4.79 Å². The molecule has 1 aromatic rings. The third-order valence-corrected chi connectivity index (χ3v) is 3.42. The maximum Gasteiger partial charge on any atom is 0.306 e. The first-order valence-electron chi connectivity index (χ1n) is 5.23. The summed E-state index contributed by atoms with van der Waals surface area (Å²) in [5.41, 5.74) is 7.57. The highest BCUT2D eigenvalue weighted by Gasteiger charge is 2.15. The van der Waals surface area contributed by atoms with Gasteiger partial charge in [0.05, 0.1) is 5.92 Å². The number of carboxylic acids is 1. The monoisotopic (exact) mass is 239 g/mol. The van der Waals surface area contributed by atoms with Crippen LogP contribution in [-0.4, -0.2) is 17.3 Å². The second kappa shape index (κ2) is 5.80. The fourth-order valence-electron chi connectivity index (χ4n) is 1.57. The number of hydrogen-bond donors (Lipinski definition) is 2. The minimum absolute atomic E-state index is 0.307. The van der Waals surface area contributed by atoms with E-state index in [1.54, 1.807) is 11.8 Å². The van der Waals surface area contributed by atoms with E-state index in [1.807, 2.05) is 31.4 Å². The van der Waals surface area contributed by atoms with E-state index >= 15 is 0 Å². The number of nitrogen functional groups attached to an aromatic ring is 1. The molecular formula is C12H17NO2S. The van der Waals surface area contributed by atoms with Crippen molar-refractivity contribution < 1.29 is 9.90 Å². The van der Waals surface area contributed by atoms with Crippen LogP contribution in [0.3, 0.4) is 0 Å². The molecule has 16 heavy (non-hydrogen) atoms. The third-order valence-electron chi connectivity index (χ3n) is 2.62. The van der Waals surface area contributed by atoms with Crippen LogP contribution < -0.4 is 5.73 Å². The predicted octanol–water partition coefficient (Wildman–Crippen LogP) is 2.64. The summed E-state index contributed by atoms with van der Waals surface area (Å²) >= 11 is 1.58. The molecule has 1 rings (SSSR count).